The van der Waals surface area contributed by atoms with Crippen LogP contribution in [0.1, 0.15) is 55.5 Å². The highest BCUT2D eigenvalue weighted by molar-refractivity contribution is 7.10. The average molecular weight is 280 g/mol. The van der Waals surface area contributed by atoms with Crippen molar-refractivity contribution in [2.75, 3.05) is 20.6 Å². The Morgan fingerprint density at radius 3 is 2.47 bits per heavy atom. The number of hydrogen-bond donors (Lipinski definition) is 1. The summed E-state index contributed by atoms with van der Waals surface area (Å²) >= 11 is 1.92. The highest BCUT2D eigenvalue weighted by Gasteiger charge is 2.43. The Bertz CT molecular complexity index is 391. The molecule has 3 heteroatoms. The quantitative estimate of drug-likeness (QED) is 0.878. The van der Waals surface area contributed by atoms with Gasteiger partial charge in [-0.3, -0.25) is 0 Å². The van der Waals surface area contributed by atoms with Crippen molar-refractivity contribution in [2.24, 2.45) is 0 Å². The zero-order chi connectivity index (χ0) is 13.9. The standard InChI is InChI=1S/C16H28N2S/c1-5-17-15(14-13(2)9-12-19-14)16(18(3)4)10-7-6-8-11-16/h9,12,15,17H,5-8,10-11H2,1-4H3. The highest BCUT2D eigenvalue weighted by Crippen LogP contribution is 2.44. The number of likely N-dealkylation sites (N-methyl/N-ethyl adjacent to an activating group) is 2. The summed E-state index contributed by atoms with van der Waals surface area (Å²) in [6.45, 7) is 5.52. The van der Waals surface area contributed by atoms with Gasteiger partial charge < -0.3 is 10.2 Å². The maximum atomic E-state index is 3.79. The predicted octanol–water partition coefficient (Wildman–Crippen LogP) is 3.97. The van der Waals surface area contributed by atoms with Gasteiger partial charge in [0.1, 0.15) is 0 Å². The smallest absolute Gasteiger partial charge is 0.0604 e. The first kappa shape index (κ1) is 15.0. The fourth-order valence-electron chi connectivity index (χ4n) is 3.57. The lowest BCUT2D eigenvalue weighted by atomic mass is 9.74. The number of rotatable bonds is 5. The molecule has 0 bridgehead atoms. The molecule has 0 amide bonds. The van der Waals surface area contributed by atoms with Crippen molar-refractivity contribution in [1.29, 1.82) is 0 Å². The van der Waals surface area contributed by atoms with Gasteiger partial charge in [0, 0.05) is 10.4 Å². The minimum Gasteiger partial charge on any atom is -0.308 e. The molecule has 0 aromatic carbocycles. The zero-order valence-corrected chi connectivity index (χ0v) is 13.6. The number of nitrogens with one attached hydrogen (secondary N) is 1. The van der Waals surface area contributed by atoms with E-state index in [0.717, 1.165) is 6.54 Å². The Hall–Kier alpha value is -0.380. The lowest BCUT2D eigenvalue weighted by Gasteiger charge is -2.48. The SMILES string of the molecule is CCNC(c1sccc1C)C1(N(C)C)CCCCC1. The summed E-state index contributed by atoms with van der Waals surface area (Å²) in [5.74, 6) is 0. The van der Waals surface area contributed by atoms with Crippen LogP contribution in [0.4, 0.5) is 0 Å². The van der Waals surface area contributed by atoms with E-state index in [9.17, 15) is 0 Å². The molecule has 0 saturated heterocycles. The van der Waals surface area contributed by atoms with E-state index in [1.165, 1.54) is 42.5 Å². The molecule has 1 heterocycles. The summed E-state index contributed by atoms with van der Waals surface area (Å²) in [6, 6.07) is 2.74. The molecule has 2 rings (SSSR count). The molecule has 2 nitrogen and oxygen atoms in total. The van der Waals surface area contributed by atoms with E-state index >= 15 is 0 Å². The predicted molar refractivity (Wildman–Crippen MR) is 85.0 cm³/mol. The summed E-state index contributed by atoms with van der Waals surface area (Å²) in [5.41, 5.74) is 1.74. The van der Waals surface area contributed by atoms with Gasteiger partial charge in [0.25, 0.3) is 0 Å². The van der Waals surface area contributed by atoms with Crippen LogP contribution in [0.2, 0.25) is 0 Å². The minimum absolute atomic E-state index is 0.296. The second kappa shape index (κ2) is 6.38. The van der Waals surface area contributed by atoms with Crippen LogP contribution in [0.25, 0.3) is 0 Å². The first-order valence-corrected chi connectivity index (χ1v) is 8.44. The van der Waals surface area contributed by atoms with E-state index in [2.05, 4.69) is 49.6 Å². The van der Waals surface area contributed by atoms with Crippen molar-refractivity contribution in [3.05, 3.63) is 21.9 Å². The number of thiophene rings is 1. The molecule has 1 aliphatic rings. The molecule has 1 atom stereocenters. The summed E-state index contributed by atoms with van der Waals surface area (Å²) in [5, 5.41) is 6.02. The number of hydrogen-bond acceptors (Lipinski definition) is 3. The molecule has 1 aromatic heterocycles. The Kier molecular flexibility index (Phi) is 5.04. The molecule has 0 aliphatic heterocycles. The lowest BCUT2D eigenvalue weighted by molar-refractivity contribution is 0.0581. The number of nitrogens with zero attached hydrogens (tertiary/aromatic N) is 1. The Balaban J connectivity index is 2.37. The molecule has 108 valence electrons. The van der Waals surface area contributed by atoms with E-state index in [0.29, 0.717) is 11.6 Å². The van der Waals surface area contributed by atoms with Crippen LogP contribution in [0, 0.1) is 6.92 Å². The molecule has 0 radical (unpaired) electrons. The summed E-state index contributed by atoms with van der Waals surface area (Å²) < 4.78 is 0. The van der Waals surface area contributed by atoms with Crippen LogP contribution >= 0.6 is 11.3 Å². The van der Waals surface area contributed by atoms with Gasteiger partial charge in [0.05, 0.1) is 6.04 Å². The summed E-state index contributed by atoms with van der Waals surface area (Å²) in [4.78, 5) is 4.02. The van der Waals surface area contributed by atoms with Gasteiger partial charge in [-0.15, -0.1) is 11.3 Å². The van der Waals surface area contributed by atoms with Crippen LogP contribution in [-0.4, -0.2) is 31.1 Å². The highest BCUT2D eigenvalue weighted by atomic mass is 32.1. The Labute approximate surface area is 122 Å². The molecule has 1 fully saturated rings. The van der Waals surface area contributed by atoms with Crippen molar-refractivity contribution >= 4 is 11.3 Å². The normalized spacial score (nSPS) is 20.7. The topological polar surface area (TPSA) is 15.3 Å². The van der Waals surface area contributed by atoms with Crippen LogP contribution in [0.15, 0.2) is 11.4 Å². The lowest BCUT2D eigenvalue weighted by Crippen LogP contribution is -2.54. The van der Waals surface area contributed by atoms with E-state index in [-0.39, 0.29) is 0 Å². The van der Waals surface area contributed by atoms with Crippen LogP contribution in [0.3, 0.4) is 0 Å². The van der Waals surface area contributed by atoms with Gasteiger partial charge in [-0.05, 0) is 57.4 Å². The van der Waals surface area contributed by atoms with Crippen molar-refractivity contribution in [1.82, 2.24) is 10.2 Å². The van der Waals surface area contributed by atoms with E-state index in [1.54, 1.807) is 0 Å². The molecule has 1 N–H and O–H groups in total. The molecule has 19 heavy (non-hydrogen) atoms. The minimum atomic E-state index is 0.296. The van der Waals surface area contributed by atoms with E-state index in [1.807, 2.05) is 11.3 Å². The Morgan fingerprint density at radius 2 is 2.00 bits per heavy atom. The van der Waals surface area contributed by atoms with E-state index < -0.39 is 0 Å². The third-order valence-electron chi connectivity index (χ3n) is 4.72. The van der Waals surface area contributed by atoms with Crippen LogP contribution in [0.5, 0.6) is 0 Å². The van der Waals surface area contributed by atoms with Gasteiger partial charge in [-0.1, -0.05) is 26.2 Å². The van der Waals surface area contributed by atoms with Gasteiger partial charge >= 0.3 is 0 Å². The largest absolute Gasteiger partial charge is 0.308 e. The molecular weight excluding hydrogens is 252 g/mol. The molecule has 1 aliphatic carbocycles. The van der Waals surface area contributed by atoms with Crippen molar-refractivity contribution in [3.63, 3.8) is 0 Å². The molecule has 1 aromatic rings. The van der Waals surface area contributed by atoms with Crippen molar-refractivity contribution < 1.29 is 0 Å². The monoisotopic (exact) mass is 280 g/mol. The number of aryl methyl sites for hydroxylation is 1. The van der Waals surface area contributed by atoms with E-state index in [4.69, 9.17) is 0 Å². The first-order chi connectivity index (χ1) is 9.12. The second-order valence-electron chi connectivity index (χ2n) is 6.02. The van der Waals surface area contributed by atoms with Crippen molar-refractivity contribution in [3.8, 4) is 0 Å². The summed E-state index contributed by atoms with van der Waals surface area (Å²) in [6.07, 6.45) is 6.76. The maximum Gasteiger partial charge on any atom is 0.0604 e. The molecular formula is C16H28N2S. The third-order valence-corrected chi connectivity index (χ3v) is 5.80. The van der Waals surface area contributed by atoms with Gasteiger partial charge in [0.15, 0.2) is 0 Å². The van der Waals surface area contributed by atoms with Gasteiger partial charge in [-0.25, -0.2) is 0 Å². The zero-order valence-electron chi connectivity index (χ0n) is 12.8. The van der Waals surface area contributed by atoms with Crippen LogP contribution < -0.4 is 5.32 Å². The third kappa shape index (κ3) is 2.88. The summed E-state index contributed by atoms with van der Waals surface area (Å²) in [7, 11) is 4.53. The van der Waals surface area contributed by atoms with Gasteiger partial charge in [-0.2, -0.15) is 0 Å². The van der Waals surface area contributed by atoms with Crippen LogP contribution in [-0.2, 0) is 0 Å². The fraction of sp³-hybridized carbons (Fsp3) is 0.750. The molecule has 1 saturated carbocycles. The first-order valence-electron chi connectivity index (χ1n) is 7.56. The second-order valence-corrected chi connectivity index (χ2v) is 6.96. The van der Waals surface area contributed by atoms with Gasteiger partial charge in [0.2, 0.25) is 0 Å². The molecule has 1 unspecified atom stereocenters. The van der Waals surface area contributed by atoms with Crippen molar-refractivity contribution in [2.45, 2.75) is 57.5 Å². The molecule has 0 spiro atoms. The Morgan fingerprint density at radius 1 is 1.32 bits per heavy atom. The maximum absolute atomic E-state index is 3.79. The average Bonchev–Trinajstić information content (AvgIpc) is 2.82. The fourth-order valence-corrected chi connectivity index (χ4v) is 4.68.